The fraction of sp³-hybridized carbons (Fsp3) is 1.00. The van der Waals surface area contributed by atoms with E-state index in [0.29, 0.717) is 5.16 Å². The summed E-state index contributed by atoms with van der Waals surface area (Å²) in [6.07, 6.45) is 0. The monoisotopic (exact) mass is 94.1 g/mol. The molecule has 0 radical (unpaired) electrons. The topological polar surface area (TPSA) is 0 Å². The fourth-order valence-electron chi connectivity index (χ4n) is 0. The average Bonchev–Trinajstić information content (AvgIpc) is 0.722. The van der Waals surface area contributed by atoms with Crippen LogP contribution in [0.15, 0.2) is 0 Å². The SMILES string of the molecule is CC(C)(C)P.[HH].[HH]. The summed E-state index contributed by atoms with van der Waals surface area (Å²) in [4.78, 5) is 0. The van der Waals surface area contributed by atoms with Crippen LogP contribution < -0.4 is 0 Å². The normalized spacial score (nSPS) is 12.0. The highest BCUT2D eigenvalue weighted by Crippen LogP contribution is 2.12. The second-order valence-electron chi connectivity index (χ2n) is 2.37. The van der Waals surface area contributed by atoms with Gasteiger partial charge >= 0.3 is 0 Å². The summed E-state index contributed by atoms with van der Waals surface area (Å²) in [7, 11) is 2.72. The standard InChI is InChI=1S/C4H11P.2H2/c1-4(2,3)5;;/h5H2,1-3H3;2*1H. The third kappa shape index (κ3) is 141. The molecule has 0 saturated heterocycles. The summed E-state index contributed by atoms with van der Waals surface area (Å²) in [6.45, 7) is 6.45. The van der Waals surface area contributed by atoms with Crippen molar-refractivity contribution < 1.29 is 2.85 Å². The molecule has 0 aliphatic heterocycles. The quantitative estimate of drug-likeness (QED) is 0.403. The van der Waals surface area contributed by atoms with Gasteiger partial charge in [-0.2, -0.15) is 0 Å². The van der Waals surface area contributed by atoms with E-state index >= 15 is 0 Å². The highest BCUT2D eigenvalue weighted by atomic mass is 31.0. The minimum Gasteiger partial charge on any atom is -0.132 e. The largest absolute Gasteiger partial charge is 0.132 e. The molecule has 0 heterocycles. The van der Waals surface area contributed by atoms with Crippen LogP contribution in [0, 0.1) is 0 Å². The minimum absolute atomic E-state index is 0. The molecule has 0 aromatic carbocycles. The van der Waals surface area contributed by atoms with Gasteiger partial charge in [-0.3, -0.25) is 0 Å². The maximum absolute atomic E-state index is 2.72. The van der Waals surface area contributed by atoms with Gasteiger partial charge in [0.2, 0.25) is 0 Å². The van der Waals surface area contributed by atoms with E-state index in [-0.39, 0.29) is 2.85 Å². The molecule has 36 valence electrons. The number of rotatable bonds is 0. The van der Waals surface area contributed by atoms with Gasteiger partial charge < -0.3 is 0 Å². The molecule has 0 nitrogen and oxygen atoms in total. The van der Waals surface area contributed by atoms with Crippen LogP contribution in [0.4, 0.5) is 0 Å². The van der Waals surface area contributed by atoms with E-state index in [9.17, 15) is 0 Å². The summed E-state index contributed by atoms with van der Waals surface area (Å²) in [5, 5.41) is 0.417. The Morgan fingerprint density at radius 2 is 1.40 bits per heavy atom. The van der Waals surface area contributed by atoms with E-state index in [2.05, 4.69) is 30.0 Å². The summed E-state index contributed by atoms with van der Waals surface area (Å²) < 4.78 is 0. The van der Waals surface area contributed by atoms with Gasteiger partial charge in [0.25, 0.3) is 0 Å². The Labute approximate surface area is 39.1 Å². The Morgan fingerprint density at radius 1 is 1.40 bits per heavy atom. The molecule has 0 aromatic rings. The minimum atomic E-state index is 0. The Bertz CT molecular complexity index is 25.2. The molecule has 0 saturated carbocycles. The third-order valence-corrected chi connectivity index (χ3v) is 0. The molecule has 0 fully saturated rings. The molecule has 0 aliphatic rings. The zero-order chi connectivity index (χ0) is 4.50. The first kappa shape index (κ1) is 5.43. The molecule has 0 amide bonds. The Morgan fingerprint density at radius 3 is 1.40 bits per heavy atom. The number of hydrogen-bond donors (Lipinski definition) is 0. The number of hydrogen-bond acceptors (Lipinski definition) is 0. The molecule has 0 spiro atoms. The summed E-state index contributed by atoms with van der Waals surface area (Å²) in [5.74, 6) is 0. The van der Waals surface area contributed by atoms with Crippen LogP contribution in [-0.4, -0.2) is 5.16 Å². The van der Waals surface area contributed by atoms with Crippen molar-refractivity contribution in [1.82, 2.24) is 0 Å². The van der Waals surface area contributed by atoms with E-state index < -0.39 is 0 Å². The summed E-state index contributed by atoms with van der Waals surface area (Å²) in [6, 6.07) is 0. The smallest absolute Gasteiger partial charge is 0 e. The van der Waals surface area contributed by atoms with Crippen molar-refractivity contribution in [1.29, 1.82) is 0 Å². The maximum Gasteiger partial charge on any atom is 0 e. The molecule has 1 atom stereocenters. The highest BCUT2D eigenvalue weighted by molar-refractivity contribution is 7.18. The van der Waals surface area contributed by atoms with E-state index in [1.807, 2.05) is 0 Å². The first-order valence-corrected chi connectivity index (χ1v) is 2.37. The Hall–Kier alpha value is 0.430. The van der Waals surface area contributed by atoms with Gasteiger partial charge in [0.15, 0.2) is 0 Å². The summed E-state index contributed by atoms with van der Waals surface area (Å²) >= 11 is 0. The van der Waals surface area contributed by atoms with E-state index in [0.717, 1.165) is 0 Å². The van der Waals surface area contributed by atoms with Crippen molar-refractivity contribution in [3.05, 3.63) is 0 Å². The van der Waals surface area contributed by atoms with Crippen molar-refractivity contribution in [3.8, 4) is 0 Å². The van der Waals surface area contributed by atoms with Crippen LogP contribution >= 0.6 is 9.24 Å². The van der Waals surface area contributed by atoms with E-state index in [1.165, 1.54) is 0 Å². The first-order chi connectivity index (χ1) is 2.00. The molecule has 5 heavy (non-hydrogen) atoms. The van der Waals surface area contributed by atoms with Gasteiger partial charge in [-0.15, -0.1) is 9.24 Å². The van der Waals surface area contributed by atoms with Crippen LogP contribution in [-0.2, 0) is 0 Å². The van der Waals surface area contributed by atoms with E-state index in [1.54, 1.807) is 0 Å². The van der Waals surface area contributed by atoms with Gasteiger partial charge in [-0.1, -0.05) is 20.8 Å². The van der Waals surface area contributed by atoms with Crippen LogP contribution in [0.5, 0.6) is 0 Å². The maximum atomic E-state index is 2.72. The second kappa shape index (κ2) is 1.26. The van der Waals surface area contributed by atoms with E-state index in [4.69, 9.17) is 0 Å². The lowest BCUT2D eigenvalue weighted by molar-refractivity contribution is 0.804. The lowest BCUT2D eigenvalue weighted by Gasteiger charge is -2.05. The molecule has 0 rings (SSSR count). The van der Waals surface area contributed by atoms with Crippen molar-refractivity contribution in [2.24, 2.45) is 0 Å². The predicted molar refractivity (Wildman–Crippen MR) is 33.7 cm³/mol. The average molecular weight is 94.1 g/mol. The molecule has 0 N–H and O–H groups in total. The summed E-state index contributed by atoms with van der Waals surface area (Å²) in [5.41, 5.74) is 0. The van der Waals surface area contributed by atoms with Crippen LogP contribution in [0.1, 0.15) is 23.6 Å². The van der Waals surface area contributed by atoms with Gasteiger partial charge in [0.05, 0.1) is 0 Å². The first-order valence-electron chi connectivity index (χ1n) is 1.79. The van der Waals surface area contributed by atoms with Crippen molar-refractivity contribution >= 4 is 9.24 Å². The lowest BCUT2D eigenvalue weighted by Crippen LogP contribution is -1.97. The van der Waals surface area contributed by atoms with Gasteiger partial charge in [-0.25, -0.2) is 0 Å². The molecular formula is C4H15P. The molecule has 0 aliphatic carbocycles. The fourth-order valence-corrected chi connectivity index (χ4v) is 0. The van der Waals surface area contributed by atoms with Gasteiger partial charge in [0, 0.05) is 2.85 Å². The lowest BCUT2D eigenvalue weighted by atomic mass is 10.3. The van der Waals surface area contributed by atoms with Crippen molar-refractivity contribution in [3.63, 3.8) is 0 Å². The Balaban J connectivity index is -0.0000000800. The highest BCUT2D eigenvalue weighted by Gasteiger charge is 1.95. The van der Waals surface area contributed by atoms with Crippen LogP contribution in [0.3, 0.4) is 0 Å². The molecular weight excluding hydrogens is 79.0 g/mol. The zero-order valence-electron chi connectivity index (χ0n) is 4.08. The molecule has 0 aromatic heterocycles. The van der Waals surface area contributed by atoms with Crippen molar-refractivity contribution in [2.75, 3.05) is 0 Å². The molecule has 1 unspecified atom stereocenters. The second-order valence-corrected chi connectivity index (χ2v) is 4.10. The molecule has 1 heteroatoms. The Kier molecular flexibility index (Phi) is 1.37. The van der Waals surface area contributed by atoms with Gasteiger partial charge in [-0.05, 0) is 5.16 Å². The van der Waals surface area contributed by atoms with Crippen LogP contribution in [0.25, 0.3) is 0 Å². The zero-order valence-corrected chi connectivity index (χ0v) is 5.23. The van der Waals surface area contributed by atoms with Crippen molar-refractivity contribution in [2.45, 2.75) is 25.9 Å². The molecule has 0 bridgehead atoms. The van der Waals surface area contributed by atoms with Gasteiger partial charge in [0.1, 0.15) is 0 Å². The third-order valence-electron chi connectivity index (χ3n) is 0. The van der Waals surface area contributed by atoms with Crippen LogP contribution in [0.2, 0.25) is 0 Å². The predicted octanol–water partition coefficient (Wildman–Crippen LogP) is 2.15.